The normalized spacial score (nSPS) is 18.9. The number of hydrogen-bond acceptors (Lipinski definition) is 8. The first-order valence-corrected chi connectivity index (χ1v) is 14.5. The van der Waals surface area contributed by atoms with Crippen LogP contribution in [-0.2, 0) is 16.6 Å². The van der Waals surface area contributed by atoms with Gasteiger partial charge in [-0.15, -0.1) is 0 Å². The Bertz CT molecular complexity index is 1390. The SMILES string of the molecule is CS(=O)(=O)N1CCCC(CCn2cnc(=N)c3[nH]c(Sc4cc5c(cc4Br)OCCO5)nc32)C1. The topological polar surface area (TPSA) is 126 Å². The van der Waals surface area contributed by atoms with Crippen LogP contribution < -0.4 is 15.0 Å². The van der Waals surface area contributed by atoms with Crippen LogP contribution in [0.5, 0.6) is 11.5 Å². The lowest BCUT2D eigenvalue weighted by Gasteiger charge is -2.31. The fourth-order valence-corrected chi connectivity index (χ4v) is 6.61. The van der Waals surface area contributed by atoms with Crippen LogP contribution in [0.4, 0.5) is 0 Å². The molecule has 0 radical (unpaired) electrons. The largest absolute Gasteiger partial charge is 0.486 e. The molecule has 5 rings (SSSR count). The summed E-state index contributed by atoms with van der Waals surface area (Å²) in [6, 6.07) is 3.81. The summed E-state index contributed by atoms with van der Waals surface area (Å²) < 4.78 is 39.6. The van der Waals surface area contributed by atoms with Crippen molar-refractivity contribution in [3.05, 3.63) is 28.4 Å². The molecule has 1 fully saturated rings. The molecule has 10 nitrogen and oxygen atoms in total. The van der Waals surface area contributed by atoms with Crippen LogP contribution >= 0.6 is 27.7 Å². The number of halogens is 1. The van der Waals surface area contributed by atoms with Gasteiger partial charge in [-0.3, -0.25) is 5.41 Å². The van der Waals surface area contributed by atoms with Crippen molar-refractivity contribution in [2.45, 2.75) is 35.9 Å². The maximum atomic E-state index is 11.9. The number of benzene rings is 1. The van der Waals surface area contributed by atoms with E-state index in [9.17, 15) is 8.42 Å². The van der Waals surface area contributed by atoms with Gasteiger partial charge in [0.1, 0.15) is 18.7 Å². The van der Waals surface area contributed by atoms with Crippen molar-refractivity contribution < 1.29 is 17.9 Å². The van der Waals surface area contributed by atoms with E-state index in [-0.39, 0.29) is 11.4 Å². The highest BCUT2D eigenvalue weighted by Crippen LogP contribution is 2.41. The van der Waals surface area contributed by atoms with E-state index in [1.165, 1.54) is 18.0 Å². The third-order valence-electron chi connectivity index (χ3n) is 6.03. The van der Waals surface area contributed by atoms with Crippen molar-refractivity contribution in [2.24, 2.45) is 5.92 Å². The summed E-state index contributed by atoms with van der Waals surface area (Å²) in [6.45, 7) is 2.83. The van der Waals surface area contributed by atoms with Gasteiger partial charge in [-0.1, -0.05) is 11.8 Å². The number of H-pyrrole nitrogens is 1. The minimum atomic E-state index is -3.17. The van der Waals surface area contributed by atoms with Crippen molar-refractivity contribution in [1.29, 1.82) is 5.41 Å². The fourth-order valence-electron chi connectivity index (χ4n) is 4.29. The molecule has 2 aliphatic rings. The quantitative estimate of drug-likeness (QED) is 0.468. The van der Waals surface area contributed by atoms with Crippen molar-refractivity contribution >= 4 is 48.9 Å². The Hall–Kier alpha value is -2.09. The van der Waals surface area contributed by atoms with E-state index in [0.717, 1.165) is 28.6 Å². The molecule has 1 atom stereocenters. The standard InChI is InChI=1S/C21H25BrN6O4S2/c1-34(29,30)28-5-2-3-13(11-28)4-6-27-12-24-19(23)18-20(27)26-21(25-18)33-17-10-16-15(9-14(17)22)31-7-8-32-16/h9-10,12-13,23H,2-8,11H2,1H3,(H,25,26). The van der Waals surface area contributed by atoms with E-state index in [1.807, 2.05) is 16.7 Å². The lowest BCUT2D eigenvalue weighted by molar-refractivity contribution is 0.171. The minimum absolute atomic E-state index is 0.132. The summed E-state index contributed by atoms with van der Waals surface area (Å²) in [4.78, 5) is 13.1. The molecule has 1 saturated heterocycles. The van der Waals surface area contributed by atoms with Gasteiger partial charge in [-0.05, 0) is 53.2 Å². The third-order valence-corrected chi connectivity index (χ3v) is 9.16. The number of ether oxygens (including phenoxy) is 2. The number of nitrogens with zero attached hydrogens (tertiary/aromatic N) is 4. The predicted molar refractivity (Wildman–Crippen MR) is 131 cm³/mol. The second-order valence-electron chi connectivity index (χ2n) is 8.47. The molecule has 0 amide bonds. The zero-order valence-electron chi connectivity index (χ0n) is 18.6. The Labute approximate surface area is 209 Å². The first-order chi connectivity index (χ1) is 16.3. The number of piperidine rings is 1. The van der Waals surface area contributed by atoms with Crippen LogP contribution in [0, 0.1) is 11.3 Å². The Morgan fingerprint density at radius 3 is 2.82 bits per heavy atom. The van der Waals surface area contributed by atoms with Gasteiger partial charge in [0.2, 0.25) is 10.0 Å². The lowest BCUT2D eigenvalue weighted by atomic mass is 9.96. The first kappa shape index (κ1) is 23.6. The first-order valence-electron chi connectivity index (χ1n) is 11.0. The Morgan fingerprint density at radius 2 is 2.06 bits per heavy atom. The van der Waals surface area contributed by atoms with Crippen LogP contribution in [0.2, 0.25) is 0 Å². The maximum Gasteiger partial charge on any atom is 0.211 e. The smallest absolute Gasteiger partial charge is 0.211 e. The number of fused-ring (bicyclic) bond motifs is 2. The van der Waals surface area contributed by atoms with E-state index in [4.69, 9.17) is 19.9 Å². The van der Waals surface area contributed by atoms with Gasteiger partial charge in [0.15, 0.2) is 27.8 Å². The van der Waals surface area contributed by atoms with E-state index in [1.54, 1.807) is 10.6 Å². The molecule has 1 aromatic carbocycles. The summed E-state index contributed by atoms with van der Waals surface area (Å²) in [6.07, 6.45) is 5.59. The zero-order chi connectivity index (χ0) is 23.9. The van der Waals surface area contributed by atoms with E-state index in [0.29, 0.717) is 60.7 Å². The summed E-state index contributed by atoms with van der Waals surface area (Å²) in [5, 5.41) is 8.86. The molecule has 13 heteroatoms. The highest BCUT2D eigenvalue weighted by molar-refractivity contribution is 9.10. The molecule has 0 bridgehead atoms. The lowest BCUT2D eigenvalue weighted by Crippen LogP contribution is -2.39. The van der Waals surface area contributed by atoms with Gasteiger partial charge in [0.05, 0.1) is 12.6 Å². The van der Waals surface area contributed by atoms with Gasteiger partial charge in [-0.2, -0.15) is 0 Å². The molecule has 2 N–H and O–H groups in total. The van der Waals surface area contributed by atoms with Crippen molar-refractivity contribution in [1.82, 2.24) is 23.8 Å². The highest BCUT2D eigenvalue weighted by atomic mass is 79.9. The number of aryl methyl sites for hydroxylation is 1. The predicted octanol–water partition coefficient (Wildman–Crippen LogP) is 2.99. The monoisotopic (exact) mass is 568 g/mol. The van der Waals surface area contributed by atoms with Gasteiger partial charge in [-0.25, -0.2) is 22.7 Å². The number of sulfonamides is 1. The number of hydrogen-bond donors (Lipinski definition) is 2. The van der Waals surface area contributed by atoms with E-state index < -0.39 is 10.0 Å². The molecule has 0 spiro atoms. The molecular weight excluding hydrogens is 544 g/mol. The van der Waals surface area contributed by atoms with Crippen LogP contribution in [0.15, 0.2) is 33.0 Å². The van der Waals surface area contributed by atoms with E-state index >= 15 is 0 Å². The molecule has 2 aromatic heterocycles. The molecule has 0 saturated carbocycles. The number of aromatic amines is 1. The summed E-state index contributed by atoms with van der Waals surface area (Å²) >= 11 is 5.03. The molecule has 34 heavy (non-hydrogen) atoms. The van der Waals surface area contributed by atoms with Gasteiger partial charge >= 0.3 is 0 Å². The van der Waals surface area contributed by atoms with Crippen LogP contribution in [0.1, 0.15) is 19.3 Å². The third kappa shape index (κ3) is 4.97. The van der Waals surface area contributed by atoms with Crippen molar-refractivity contribution in [3.63, 3.8) is 0 Å². The number of nitrogens with one attached hydrogen (secondary N) is 2. The highest BCUT2D eigenvalue weighted by Gasteiger charge is 2.26. The molecule has 1 unspecified atom stereocenters. The van der Waals surface area contributed by atoms with Crippen LogP contribution in [-0.4, -0.2) is 64.8 Å². The van der Waals surface area contributed by atoms with Crippen molar-refractivity contribution in [3.8, 4) is 11.5 Å². The molecule has 3 aromatic rings. The molecular formula is C21H25BrN6O4S2. The average Bonchev–Trinajstić information content (AvgIpc) is 3.24. The van der Waals surface area contributed by atoms with Gasteiger partial charge in [0.25, 0.3) is 0 Å². The number of aromatic nitrogens is 4. The summed E-state index contributed by atoms with van der Waals surface area (Å²) in [7, 11) is -3.17. The second-order valence-corrected chi connectivity index (χ2v) is 12.3. The maximum absolute atomic E-state index is 11.9. The van der Waals surface area contributed by atoms with Crippen LogP contribution in [0.25, 0.3) is 11.2 Å². The average molecular weight is 570 g/mol. The summed E-state index contributed by atoms with van der Waals surface area (Å²) in [5.41, 5.74) is 1.36. The molecule has 2 aliphatic heterocycles. The Morgan fingerprint density at radius 1 is 1.29 bits per heavy atom. The van der Waals surface area contributed by atoms with Gasteiger partial charge in [0, 0.05) is 29.0 Å². The van der Waals surface area contributed by atoms with E-state index in [2.05, 4.69) is 25.9 Å². The fraction of sp³-hybridized carbons (Fsp3) is 0.476. The zero-order valence-corrected chi connectivity index (χ0v) is 21.8. The summed E-state index contributed by atoms with van der Waals surface area (Å²) in [5.74, 6) is 1.68. The van der Waals surface area contributed by atoms with Crippen LogP contribution in [0.3, 0.4) is 0 Å². The second kappa shape index (κ2) is 9.51. The molecule has 4 heterocycles. The molecule has 0 aliphatic carbocycles. The molecule has 182 valence electrons. The number of imidazole rings is 1. The minimum Gasteiger partial charge on any atom is -0.486 e. The Kier molecular flexibility index (Phi) is 6.62. The number of rotatable bonds is 6. The Balaban J connectivity index is 1.36. The van der Waals surface area contributed by atoms with Gasteiger partial charge < -0.3 is 19.0 Å². The van der Waals surface area contributed by atoms with Crippen molar-refractivity contribution in [2.75, 3.05) is 32.6 Å².